The number of anilines is 1. The van der Waals surface area contributed by atoms with Crippen LogP contribution in [0.1, 0.15) is 58.4 Å². The molecule has 1 aliphatic rings. The molecule has 0 aromatic carbocycles. The lowest BCUT2D eigenvalue weighted by atomic mass is 9.96. The van der Waals surface area contributed by atoms with Gasteiger partial charge in [-0.2, -0.15) is 5.26 Å². The largest absolute Gasteiger partial charge is 0.361 e. The Morgan fingerprint density at radius 3 is 3.09 bits per heavy atom. The molecular formula is C16H17N3O2S. The molecule has 2 aromatic rings. The van der Waals surface area contributed by atoms with Gasteiger partial charge < -0.3 is 9.84 Å². The fourth-order valence-corrected chi connectivity index (χ4v) is 3.96. The standard InChI is InChI=1S/C16H17N3O2S/c1-2-5-10-8-13(19-21-10)15(20)18-16-12(9-17)11-6-3-4-7-14(11)22-16/h8H,2-7H2,1H3,(H,18,20). The molecule has 22 heavy (non-hydrogen) atoms. The third-order valence-corrected chi connectivity index (χ3v) is 5.01. The van der Waals surface area contributed by atoms with Gasteiger partial charge in [0.05, 0.1) is 5.56 Å². The molecule has 6 heteroatoms. The zero-order valence-electron chi connectivity index (χ0n) is 12.4. The average Bonchev–Trinajstić information content (AvgIpc) is 3.11. The van der Waals surface area contributed by atoms with Gasteiger partial charge in [0.15, 0.2) is 5.69 Å². The van der Waals surface area contributed by atoms with Crippen molar-refractivity contribution in [1.82, 2.24) is 5.16 Å². The molecule has 0 unspecified atom stereocenters. The van der Waals surface area contributed by atoms with E-state index in [1.807, 2.05) is 6.92 Å². The van der Waals surface area contributed by atoms with Crippen LogP contribution in [0.2, 0.25) is 0 Å². The summed E-state index contributed by atoms with van der Waals surface area (Å²) in [4.78, 5) is 13.5. The molecule has 114 valence electrons. The van der Waals surface area contributed by atoms with E-state index in [2.05, 4.69) is 16.5 Å². The molecule has 0 atom stereocenters. The SMILES string of the molecule is CCCc1cc(C(=O)Nc2sc3c(c2C#N)CCCC3)no1. The van der Waals surface area contributed by atoms with Crippen LogP contribution in [0.3, 0.4) is 0 Å². The second kappa shape index (κ2) is 6.32. The fourth-order valence-electron chi connectivity index (χ4n) is 2.72. The molecule has 0 saturated heterocycles. The summed E-state index contributed by atoms with van der Waals surface area (Å²) in [5, 5.41) is 16.7. The lowest BCUT2D eigenvalue weighted by Gasteiger charge is -2.09. The normalized spacial score (nSPS) is 13.5. The Bertz CT molecular complexity index is 739. The van der Waals surface area contributed by atoms with E-state index in [0.717, 1.165) is 44.1 Å². The number of aryl methyl sites for hydroxylation is 2. The van der Waals surface area contributed by atoms with Crippen LogP contribution in [0, 0.1) is 11.3 Å². The van der Waals surface area contributed by atoms with E-state index in [-0.39, 0.29) is 11.6 Å². The van der Waals surface area contributed by atoms with Crippen LogP contribution < -0.4 is 5.32 Å². The van der Waals surface area contributed by atoms with E-state index < -0.39 is 0 Å². The first kappa shape index (κ1) is 14.8. The van der Waals surface area contributed by atoms with Gasteiger partial charge >= 0.3 is 0 Å². The number of nitrogens with zero attached hydrogens (tertiary/aromatic N) is 2. The third-order valence-electron chi connectivity index (χ3n) is 3.80. The molecule has 0 radical (unpaired) electrons. The Balaban J connectivity index is 1.81. The van der Waals surface area contributed by atoms with Crippen molar-refractivity contribution in [2.75, 3.05) is 5.32 Å². The molecule has 1 amide bonds. The minimum Gasteiger partial charge on any atom is -0.361 e. The van der Waals surface area contributed by atoms with Gasteiger partial charge in [-0.25, -0.2) is 0 Å². The van der Waals surface area contributed by atoms with Crippen molar-refractivity contribution in [3.63, 3.8) is 0 Å². The van der Waals surface area contributed by atoms with Crippen molar-refractivity contribution in [1.29, 1.82) is 5.26 Å². The number of rotatable bonds is 4. The van der Waals surface area contributed by atoms with Crippen LogP contribution in [0.15, 0.2) is 10.6 Å². The first-order valence-electron chi connectivity index (χ1n) is 7.54. The average molecular weight is 315 g/mol. The minimum atomic E-state index is -0.318. The summed E-state index contributed by atoms with van der Waals surface area (Å²) in [6, 6.07) is 3.90. The van der Waals surface area contributed by atoms with Crippen LogP contribution in [-0.2, 0) is 19.3 Å². The molecule has 3 rings (SSSR count). The van der Waals surface area contributed by atoms with Gasteiger partial charge in [-0.3, -0.25) is 4.79 Å². The zero-order valence-corrected chi connectivity index (χ0v) is 13.3. The van der Waals surface area contributed by atoms with Crippen LogP contribution in [0.5, 0.6) is 0 Å². The van der Waals surface area contributed by atoms with E-state index in [0.29, 0.717) is 16.3 Å². The number of amides is 1. The predicted octanol–water partition coefficient (Wildman–Crippen LogP) is 3.69. The number of carbonyl (C=O) groups excluding carboxylic acids is 1. The quantitative estimate of drug-likeness (QED) is 0.933. The first-order valence-corrected chi connectivity index (χ1v) is 8.36. The smallest absolute Gasteiger partial charge is 0.278 e. The maximum atomic E-state index is 12.3. The number of hydrogen-bond donors (Lipinski definition) is 1. The summed E-state index contributed by atoms with van der Waals surface area (Å²) in [6.07, 6.45) is 5.87. The Hall–Kier alpha value is -2.13. The lowest BCUT2D eigenvalue weighted by molar-refractivity contribution is 0.101. The van der Waals surface area contributed by atoms with Gasteiger partial charge in [-0.05, 0) is 37.7 Å². The van der Waals surface area contributed by atoms with Crippen molar-refractivity contribution >= 4 is 22.2 Å². The molecule has 0 aliphatic heterocycles. The summed E-state index contributed by atoms with van der Waals surface area (Å²) in [7, 11) is 0. The second-order valence-corrected chi connectivity index (χ2v) is 6.51. The topological polar surface area (TPSA) is 78.9 Å². The number of carbonyl (C=O) groups is 1. The lowest BCUT2D eigenvalue weighted by Crippen LogP contribution is -2.12. The number of thiophene rings is 1. The highest BCUT2D eigenvalue weighted by atomic mass is 32.1. The fraction of sp³-hybridized carbons (Fsp3) is 0.438. The minimum absolute atomic E-state index is 0.263. The number of fused-ring (bicyclic) bond motifs is 1. The summed E-state index contributed by atoms with van der Waals surface area (Å²) in [5.41, 5.74) is 1.99. The van der Waals surface area contributed by atoms with Crippen molar-refractivity contribution in [2.45, 2.75) is 45.4 Å². The highest BCUT2D eigenvalue weighted by molar-refractivity contribution is 7.16. The molecule has 5 nitrogen and oxygen atoms in total. The van der Waals surface area contributed by atoms with Crippen LogP contribution in [-0.4, -0.2) is 11.1 Å². The maximum absolute atomic E-state index is 12.3. The van der Waals surface area contributed by atoms with Crippen molar-refractivity contribution < 1.29 is 9.32 Å². The molecule has 0 saturated carbocycles. The number of nitrogens with one attached hydrogen (secondary N) is 1. The number of nitriles is 1. The summed E-state index contributed by atoms with van der Waals surface area (Å²) >= 11 is 1.51. The molecule has 2 aromatic heterocycles. The van der Waals surface area contributed by atoms with Gasteiger partial charge in [-0.15, -0.1) is 11.3 Å². The zero-order chi connectivity index (χ0) is 15.5. The number of hydrogen-bond acceptors (Lipinski definition) is 5. The van der Waals surface area contributed by atoms with Gasteiger partial charge in [0.2, 0.25) is 0 Å². The van der Waals surface area contributed by atoms with E-state index in [1.165, 1.54) is 16.2 Å². The van der Waals surface area contributed by atoms with Gasteiger partial charge in [-0.1, -0.05) is 12.1 Å². The molecule has 1 aliphatic carbocycles. The van der Waals surface area contributed by atoms with Crippen molar-refractivity contribution in [3.8, 4) is 6.07 Å². The maximum Gasteiger partial charge on any atom is 0.278 e. The highest BCUT2D eigenvalue weighted by Gasteiger charge is 2.23. The van der Waals surface area contributed by atoms with Gasteiger partial charge in [0.1, 0.15) is 16.8 Å². The van der Waals surface area contributed by atoms with E-state index in [1.54, 1.807) is 6.07 Å². The van der Waals surface area contributed by atoms with Crippen molar-refractivity contribution in [2.24, 2.45) is 0 Å². The summed E-state index contributed by atoms with van der Waals surface area (Å²) in [5.74, 6) is 0.389. The molecule has 0 spiro atoms. The molecular weight excluding hydrogens is 298 g/mol. The summed E-state index contributed by atoms with van der Waals surface area (Å²) in [6.45, 7) is 2.04. The van der Waals surface area contributed by atoms with Gasteiger partial charge in [0, 0.05) is 17.4 Å². The predicted molar refractivity (Wildman–Crippen MR) is 84.1 cm³/mol. The Labute approximate surface area is 132 Å². The Kier molecular flexibility index (Phi) is 4.25. The summed E-state index contributed by atoms with van der Waals surface area (Å²) < 4.78 is 5.13. The first-order chi connectivity index (χ1) is 10.7. The third kappa shape index (κ3) is 2.77. The molecule has 2 heterocycles. The van der Waals surface area contributed by atoms with E-state index in [9.17, 15) is 10.1 Å². The van der Waals surface area contributed by atoms with E-state index >= 15 is 0 Å². The molecule has 0 bridgehead atoms. The number of aromatic nitrogens is 1. The molecule has 1 N–H and O–H groups in total. The Morgan fingerprint density at radius 2 is 2.32 bits per heavy atom. The van der Waals surface area contributed by atoms with Crippen LogP contribution in [0.4, 0.5) is 5.00 Å². The van der Waals surface area contributed by atoms with Crippen LogP contribution in [0.25, 0.3) is 0 Å². The Morgan fingerprint density at radius 1 is 1.50 bits per heavy atom. The highest BCUT2D eigenvalue weighted by Crippen LogP contribution is 2.37. The van der Waals surface area contributed by atoms with Crippen molar-refractivity contribution in [3.05, 3.63) is 33.5 Å². The second-order valence-electron chi connectivity index (χ2n) is 5.41. The van der Waals surface area contributed by atoms with Gasteiger partial charge in [0.25, 0.3) is 5.91 Å². The monoisotopic (exact) mass is 315 g/mol. The van der Waals surface area contributed by atoms with Crippen LogP contribution >= 0.6 is 11.3 Å². The molecule has 0 fully saturated rings. The van der Waals surface area contributed by atoms with E-state index in [4.69, 9.17) is 4.52 Å².